The van der Waals surface area contributed by atoms with Gasteiger partial charge in [0.05, 0.1) is 13.7 Å². The average molecular weight is 524 g/mol. The maximum absolute atomic E-state index is 12.8. The fourth-order valence-corrected chi connectivity index (χ4v) is 3.87. The molecular weight excluding hydrogens is 482 g/mol. The van der Waals surface area contributed by atoms with Crippen LogP contribution in [-0.2, 0) is 22.4 Å². The van der Waals surface area contributed by atoms with Crippen LogP contribution in [0.15, 0.2) is 48.7 Å². The second-order valence-corrected chi connectivity index (χ2v) is 10.9. The second-order valence-electron chi connectivity index (χ2n) is 10.9. The number of rotatable bonds is 11. The van der Waals surface area contributed by atoms with Crippen LogP contribution >= 0.6 is 0 Å². The van der Waals surface area contributed by atoms with Crippen molar-refractivity contribution >= 4 is 23.7 Å². The number of nitrogens with one attached hydrogen (secondary N) is 3. The number of aryl methyl sites for hydroxylation is 1. The number of hydrogen-bond donors (Lipinski definition) is 4. The van der Waals surface area contributed by atoms with E-state index in [4.69, 9.17) is 9.94 Å². The SMILES string of the molecule is CC(C)(C)C.COc1cccc(CCCC(CC(=O)NO)C(=O)NCC(=O)c2c[nH]c3c2C=CC=CC3)c1. The highest BCUT2D eigenvalue weighted by atomic mass is 16.5. The standard InChI is InChI=1S/C25H29N3O5.C5H12/c1-33-19-10-6-8-17(13-19)7-5-9-18(14-24(30)28-32)25(31)27-16-23(29)21-15-26-22-12-4-2-3-11-20(21)22;1-5(2,3)4/h2-4,6,8,10-11,13,15,18,26,32H,5,7,9,12,14,16H2,1H3,(H,27,31)(H,28,30);1-4H3. The Morgan fingerprint density at radius 1 is 1.16 bits per heavy atom. The fraction of sp³-hybridized carbons (Fsp3) is 0.433. The van der Waals surface area contributed by atoms with Crippen molar-refractivity contribution in [2.75, 3.05) is 13.7 Å². The molecule has 2 aromatic rings. The molecule has 4 N–H and O–H groups in total. The molecule has 0 bridgehead atoms. The molecule has 8 heteroatoms. The number of hydrogen-bond acceptors (Lipinski definition) is 5. The summed E-state index contributed by atoms with van der Waals surface area (Å²) in [7, 11) is 1.60. The summed E-state index contributed by atoms with van der Waals surface area (Å²) in [6, 6.07) is 7.66. The molecule has 8 nitrogen and oxygen atoms in total. The van der Waals surface area contributed by atoms with E-state index in [2.05, 4.69) is 38.0 Å². The molecule has 1 unspecified atom stereocenters. The Labute approximate surface area is 225 Å². The van der Waals surface area contributed by atoms with Crippen molar-refractivity contribution in [2.45, 2.75) is 59.8 Å². The van der Waals surface area contributed by atoms with Gasteiger partial charge in [0.2, 0.25) is 11.8 Å². The van der Waals surface area contributed by atoms with Crippen LogP contribution < -0.4 is 15.5 Å². The summed E-state index contributed by atoms with van der Waals surface area (Å²) >= 11 is 0. The van der Waals surface area contributed by atoms with Crippen LogP contribution in [0.4, 0.5) is 0 Å². The number of ketones is 1. The molecular formula is C30H41N3O5. The molecule has 1 aromatic heterocycles. The third kappa shape index (κ3) is 10.8. The highest BCUT2D eigenvalue weighted by molar-refractivity contribution is 6.02. The van der Waals surface area contributed by atoms with E-state index >= 15 is 0 Å². The zero-order valence-corrected chi connectivity index (χ0v) is 23.1. The number of fused-ring (bicyclic) bond motifs is 1. The predicted octanol–water partition coefficient (Wildman–Crippen LogP) is 5.03. The largest absolute Gasteiger partial charge is 0.497 e. The number of carbonyl (C=O) groups excluding carboxylic acids is 3. The van der Waals surface area contributed by atoms with E-state index in [1.54, 1.807) is 18.8 Å². The zero-order chi connectivity index (χ0) is 28.1. The van der Waals surface area contributed by atoms with Gasteiger partial charge in [-0.15, -0.1) is 0 Å². The molecule has 0 aliphatic heterocycles. The Bertz CT molecular complexity index is 1130. The summed E-state index contributed by atoms with van der Waals surface area (Å²) in [4.78, 5) is 40.3. The summed E-state index contributed by atoms with van der Waals surface area (Å²) in [5, 5.41) is 11.6. The van der Waals surface area contributed by atoms with Crippen LogP contribution in [0.5, 0.6) is 5.75 Å². The van der Waals surface area contributed by atoms with E-state index < -0.39 is 17.7 Å². The van der Waals surface area contributed by atoms with Gasteiger partial charge >= 0.3 is 0 Å². The molecule has 0 fully saturated rings. The van der Waals surface area contributed by atoms with E-state index in [-0.39, 0.29) is 18.7 Å². The molecule has 1 heterocycles. The minimum atomic E-state index is -0.664. The molecule has 0 saturated carbocycles. The van der Waals surface area contributed by atoms with Crippen molar-refractivity contribution in [3.63, 3.8) is 0 Å². The first-order chi connectivity index (χ1) is 18.0. The predicted molar refractivity (Wildman–Crippen MR) is 149 cm³/mol. The third-order valence-electron chi connectivity index (χ3n) is 5.64. The molecule has 0 radical (unpaired) electrons. The molecule has 1 aliphatic carbocycles. The summed E-state index contributed by atoms with van der Waals surface area (Å²) in [6.45, 7) is 8.58. The molecule has 1 aliphatic rings. The number of benzene rings is 1. The number of aromatic amines is 1. The summed E-state index contributed by atoms with van der Waals surface area (Å²) in [6.07, 6.45) is 11.7. The van der Waals surface area contributed by atoms with Crippen molar-refractivity contribution in [2.24, 2.45) is 11.3 Å². The first-order valence-corrected chi connectivity index (χ1v) is 12.9. The maximum atomic E-state index is 12.8. The number of amides is 2. The number of Topliss-reactive ketones (excluding diaryl/α,β-unsaturated/α-hetero) is 1. The Kier molecular flexibility index (Phi) is 12.0. The van der Waals surface area contributed by atoms with E-state index in [1.165, 1.54) is 0 Å². The Morgan fingerprint density at radius 3 is 2.58 bits per heavy atom. The van der Waals surface area contributed by atoms with Gasteiger partial charge in [0, 0.05) is 41.8 Å². The van der Waals surface area contributed by atoms with Gasteiger partial charge in [0.15, 0.2) is 5.78 Å². The molecule has 3 rings (SSSR count). The summed E-state index contributed by atoms with van der Waals surface area (Å²) < 4.78 is 5.23. The van der Waals surface area contributed by atoms with E-state index in [1.807, 2.05) is 48.6 Å². The molecule has 206 valence electrons. The molecule has 1 atom stereocenters. The Hall–Kier alpha value is -3.65. The number of hydroxylamine groups is 1. The molecule has 2 amide bonds. The van der Waals surface area contributed by atoms with Crippen LogP contribution in [0.1, 0.15) is 74.1 Å². The monoisotopic (exact) mass is 523 g/mol. The van der Waals surface area contributed by atoms with Gasteiger partial charge in [-0.2, -0.15) is 0 Å². The summed E-state index contributed by atoms with van der Waals surface area (Å²) in [5.41, 5.74) is 5.44. The van der Waals surface area contributed by atoms with Crippen LogP contribution in [0, 0.1) is 11.3 Å². The molecule has 38 heavy (non-hydrogen) atoms. The van der Waals surface area contributed by atoms with E-state index in [0.717, 1.165) is 22.6 Å². The van der Waals surface area contributed by atoms with E-state index in [9.17, 15) is 14.4 Å². The minimum Gasteiger partial charge on any atom is -0.497 e. The number of ether oxygens (including phenoxy) is 1. The molecule has 0 saturated heterocycles. The van der Waals surface area contributed by atoms with Gasteiger partial charge in [-0.05, 0) is 42.4 Å². The maximum Gasteiger partial charge on any atom is 0.244 e. The summed E-state index contributed by atoms with van der Waals surface area (Å²) in [5.74, 6) is -1.15. The lowest BCUT2D eigenvalue weighted by molar-refractivity contribution is -0.134. The number of aromatic nitrogens is 1. The van der Waals surface area contributed by atoms with Crippen LogP contribution in [0.3, 0.4) is 0 Å². The van der Waals surface area contributed by atoms with E-state index in [0.29, 0.717) is 36.7 Å². The van der Waals surface area contributed by atoms with Crippen molar-refractivity contribution in [3.05, 3.63) is 71.1 Å². The fourth-order valence-electron chi connectivity index (χ4n) is 3.87. The first kappa shape index (κ1) is 30.6. The second kappa shape index (κ2) is 14.9. The van der Waals surface area contributed by atoms with Gasteiger partial charge in [-0.25, -0.2) is 5.48 Å². The quantitative estimate of drug-likeness (QED) is 0.187. The molecule has 1 aromatic carbocycles. The van der Waals surface area contributed by atoms with Crippen LogP contribution in [0.2, 0.25) is 0 Å². The van der Waals surface area contributed by atoms with Gasteiger partial charge in [0.1, 0.15) is 5.75 Å². The zero-order valence-electron chi connectivity index (χ0n) is 23.1. The van der Waals surface area contributed by atoms with Gasteiger partial charge in [-0.3, -0.25) is 19.6 Å². The topological polar surface area (TPSA) is 121 Å². The Morgan fingerprint density at radius 2 is 1.89 bits per heavy atom. The lowest BCUT2D eigenvalue weighted by Gasteiger charge is -2.16. The van der Waals surface area contributed by atoms with Crippen molar-refractivity contribution in [1.82, 2.24) is 15.8 Å². The number of carbonyl (C=O) groups is 3. The number of H-pyrrole nitrogens is 1. The van der Waals surface area contributed by atoms with Crippen molar-refractivity contribution in [3.8, 4) is 5.75 Å². The van der Waals surface area contributed by atoms with Gasteiger partial charge < -0.3 is 15.0 Å². The van der Waals surface area contributed by atoms with Crippen molar-refractivity contribution in [1.29, 1.82) is 0 Å². The highest BCUT2D eigenvalue weighted by Gasteiger charge is 2.23. The normalized spacial score (nSPS) is 12.9. The molecule has 0 spiro atoms. The highest BCUT2D eigenvalue weighted by Crippen LogP contribution is 2.21. The van der Waals surface area contributed by atoms with Crippen LogP contribution in [-0.4, -0.2) is 41.4 Å². The number of methoxy groups -OCH3 is 1. The van der Waals surface area contributed by atoms with Gasteiger partial charge in [-0.1, -0.05) is 64.1 Å². The smallest absolute Gasteiger partial charge is 0.244 e. The third-order valence-corrected chi connectivity index (χ3v) is 5.64. The number of allylic oxidation sites excluding steroid dienone is 3. The lowest BCUT2D eigenvalue weighted by atomic mass is 9.95. The Balaban J connectivity index is 0.000000926. The van der Waals surface area contributed by atoms with Crippen LogP contribution in [0.25, 0.3) is 6.08 Å². The first-order valence-electron chi connectivity index (χ1n) is 12.9. The average Bonchev–Trinajstić information content (AvgIpc) is 3.13. The van der Waals surface area contributed by atoms with Crippen molar-refractivity contribution < 1.29 is 24.3 Å². The minimum absolute atomic E-state index is 0.164. The lowest BCUT2D eigenvalue weighted by Crippen LogP contribution is -2.37. The van der Waals surface area contributed by atoms with Gasteiger partial charge in [0.25, 0.3) is 0 Å².